The van der Waals surface area contributed by atoms with Crippen molar-refractivity contribution in [3.8, 4) is 5.75 Å². The Labute approximate surface area is 195 Å². The third kappa shape index (κ3) is 4.13. The molecule has 4 aromatic carbocycles. The van der Waals surface area contributed by atoms with Gasteiger partial charge in [0, 0.05) is 5.92 Å². The summed E-state index contributed by atoms with van der Waals surface area (Å²) >= 11 is 0. The lowest BCUT2D eigenvalue weighted by Gasteiger charge is -2.36. The number of nitrogens with zero attached hydrogens (tertiary/aromatic N) is 1. The average molecular weight is 431 g/mol. The largest absolute Gasteiger partial charge is 0.497 e. The highest BCUT2D eigenvalue weighted by Crippen LogP contribution is 2.43. The van der Waals surface area contributed by atoms with Gasteiger partial charge in [0.2, 0.25) is 0 Å². The minimum atomic E-state index is 0.0995. The van der Waals surface area contributed by atoms with Crippen molar-refractivity contribution in [2.45, 2.75) is 5.92 Å². The summed E-state index contributed by atoms with van der Waals surface area (Å²) in [4.78, 5) is 2.28. The van der Waals surface area contributed by atoms with Gasteiger partial charge in [-0.05, 0) is 53.1 Å². The van der Waals surface area contributed by atoms with E-state index >= 15 is 0 Å². The van der Waals surface area contributed by atoms with Crippen LogP contribution in [-0.4, -0.2) is 7.11 Å². The number of rotatable bonds is 5. The lowest BCUT2D eigenvalue weighted by atomic mass is 9.89. The van der Waals surface area contributed by atoms with Gasteiger partial charge in [0.15, 0.2) is 0 Å². The summed E-state index contributed by atoms with van der Waals surface area (Å²) in [5.74, 6) is 0.954. The van der Waals surface area contributed by atoms with Crippen LogP contribution in [0.15, 0.2) is 121 Å². The van der Waals surface area contributed by atoms with Gasteiger partial charge in [0.25, 0.3) is 0 Å². The first-order valence-corrected chi connectivity index (χ1v) is 11.1. The number of para-hydroxylation sites is 2. The minimum absolute atomic E-state index is 0.0995. The van der Waals surface area contributed by atoms with Crippen molar-refractivity contribution in [2.75, 3.05) is 17.7 Å². The highest BCUT2D eigenvalue weighted by atomic mass is 16.5. The smallest absolute Gasteiger partial charge is 0.118 e. The summed E-state index contributed by atoms with van der Waals surface area (Å²) in [6, 6.07) is 37.3. The van der Waals surface area contributed by atoms with Gasteiger partial charge in [0.1, 0.15) is 5.75 Å². The van der Waals surface area contributed by atoms with Crippen molar-refractivity contribution < 1.29 is 4.74 Å². The molecule has 0 radical (unpaired) electrons. The summed E-state index contributed by atoms with van der Waals surface area (Å²) in [6.45, 7) is 0. The molecule has 4 aromatic rings. The van der Waals surface area contributed by atoms with Crippen LogP contribution in [0.5, 0.6) is 5.75 Å². The number of nitrogens with two attached hydrogens (primary N) is 1. The summed E-state index contributed by atoms with van der Waals surface area (Å²) in [5.41, 5.74) is 13.9. The van der Waals surface area contributed by atoms with E-state index < -0.39 is 0 Å². The van der Waals surface area contributed by atoms with Crippen molar-refractivity contribution in [3.05, 3.63) is 138 Å². The van der Waals surface area contributed by atoms with Gasteiger partial charge >= 0.3 is 0 Å². The van der Waals surface area contributed by atoms with E-state index in [9.17, 15) is 0 Å². The quantitative estimate of drug-likeness (QED) is 0.348. The number of anilines is 2. The molecular formula is C30H26N2O. The van der Waals surface area contributed by atoms with Crippen LogP contribution >= 0.6 is 0 Å². The zero-order chi connectivity index (χ0) is 22.6. The topological polar surface area (TPSA) is 38.5 Å². The molecule has 1 heterocycles. The van der Waals surface area contributed by atoms with Gasteiger partial charge < -0.3 is 15.4 Å². The standard InChI is InChI=1S/C30H26N2O/c1-33-26-18-16-22(17-19-26)25-20-29(23-10-4-2-5-11-23)32(28-15-9-8-14-27(28)31)30(21-25)24-12-6-3-7-13-24/h2-21,25H,31H2,1H3. The monoisotopic (exact) mass is 430 g/mol. The van der Waals surface area contributed by atoms with E-state index in [0.717, 1.165) is 39.6 Å². The fourth-order valence-corrected chi connectivity index (χ4v) is 4.30. The van der Waals surface area contributed by atoms with Crippen LogP contribution in [0.4, 0.5) is 11.4 Å². The Morgan fingerprint density at radius 3 is 1.67 bits per heavy atom. The number of methoxy groups -OCH3 is 1. The van der Waals surface area contributed by atoms with Gasteiger partial charge in [-0.25, -0.2) is 0 Å². The second kappa shape index (κ2) is 9.09. The van der Waals surface area contributed by atoms with Crippen LogP contribution in [0, 0.1) is 0 Å². The molecule has 1 aliphatic heterocycles. The fraction of sp³-hybridized carbons (Fsp3) is 0.0667. The third-order valence-corrected chi connectivity index (χ3v) is 5.97. The molecule has 1 aliphatic rings. The van der Waals surface area contributed by atoms with Crippen molar-refractivity contribution in [2.24, 2.45) is 0 Å². The number of benzene rings is 4. The Balaban J connectivity index is 1.73. The van der Waals surface area contributed by atoms with Crippen LogP contribution in [0.2, 0.25) is 0 Å². The second-order valence-corrected chi connectivity index (χ2v) is 8.03. The molecule has 3 nitrogen and oxygen atoms in total. The zero-order valence-electron chi connectivity index (χ0n) is 18.6. The molecular weight excluding hydrogens is 404 g/mol. The van der Waals surface area contributed by atoms with Crippen LogP contribution < -0.4 is 15.4 Å². The Morgan fingerprint density at radius 1 is 0.636 bits per heavy atom. The van der Waals surface area contributed by atoms with E-state index in [1.807, 2.05) is 42.5 Å². The highest BCUT2D eigenvalue weighted by molar-refractivity contribution is 6.00. The Morgan fingerprint density at radius 2 is 1.15 bits per heavy atom. The maximum atomic E-state index is 6.50. The first-order chi connectivity index (χ1) is 16.2. The average Bonchev–Trinajstić information content (AvgIpc) is 2.89. The molecule has 2 N–H and O–H groups in total. The number of nitrogen functional groups attached to an aromatic ring is 1. The third-order valence-electron chi connectivity index (χ3n) is 5.97. The van der Waals surface area contributed by atoms with Gasteiger partial charge in [-0.3, -0.25) is 0 Å². The predicted molar refractivity (Wildman–Crippen MR) is 138 cm³/mol. The molecule has 0 saturated heterocycles. The lowest BCUT2D eigenvalue weighted by Crippen LogP contribution is -2.25. The van der Waals surface area contributed by atoms with Crippen molar-refractivity contribution in [1.82, 2.24) is 0 Å². The molecule has 0 atom stereocenters. The number of hydrogen-bond donors (Lipinski definition) is 1. The van der Waals surface area contributed by atoms with Gasteiger partial charge in [-0.15, -0.1) is 0 Å². The Hall–Kier alpha value is -4.24. The van der Waals surface area contributed by atoms with E-state index in [0.29, 0.717) is 0 Å². The molecule has 0 saturated carbocycles. The fourth-order valence-electron chi connectivity index (χ4n) is 4.30. The maximum absolute atomic E-state index is 6.50. The van der Waals surface area contributed by atoms with Gasteiger partial charge in [-0.1, -0.05) is 84.9 Å². The SMILES string of the molecule is COc1ccc(C2C=C(c3ccccc3)N(c3ccccc3N)C(c3ccccc3)=C2)cc1. The van der Waals surface area contributed by atoms with E-state index in [2.05, 4.69) is 83.8 Å². The molecule has 33 heavy (non-hydrogen) atoms. The molecule has 0 spiro atoms. The van der Waals surface area contributed by atoms with Crippen LogP contribution in [0.25, 0.3) is 11.4 Å². The van der Waals surface area contributed by atoms with E-state index in [1.165, 1.54) is 5.56 Å². The number of ether oxygens (including phenoxy) is 1. The Kier molecular flexibility index (Phi) is 5.69. The normalized spacial score (nSPS) is 13.9. The molecule has 0 aromatic heterocycles. The summed E-state index contributed by atoms with van der Waals surface area (Å²) in [6.07, 6.45) is 4.63. The van der Waals surface area contributed by atoms with Gasteiger partial charge in [-0.2, -0.15) is 0 Å². The van der Waals surface area contributed by atoms with Crippen LogP contribution in [0.3, 0.4) is 0 Å². The van der Waals surface area contributed by atoms with E-state index in [-0.39, 0.29) is 5.92 Å². The predicted octanol–water partition coefficient (Wildman–Crippen LogP) is 6.96. The lowest BCUT2D eigenvalue weighted by molar-refractivity contribution is 0.414. The van der Waals surface area contributed by atoms with Crippen molar-refractivity contribution in [1.29, 1.82) is 0 Å². The zero-order valence-corrected chi connectivity index (χ0v) is 18.6. The Bertz CT molecular complexity index is 1230. The summed E-state index contributed by atoms with van der Waals surface area (Å²) in [7, 11) is 1.69. The first kappa shape index (κ1) is 20.7. The molecule has 3 heteroatoms. The molecule has 162 valence electrons. The highest BCUT2D eigenvalue weighted by Gasteiger charge is 2.27. The van der Waals surface area contributed by atoms with E-state index in [4.69, 9.17) is 10.5 Å². The molecule has 0 aliphatic carbocycles. The maximum Gasteiger partial charge on any atom is 0.118 e. The second-order valence-electron chi connectivity index (χ2n) is 8.03. The number of hydrogen-bond acceptors (Lipinski definition) is 3. The van der Waals surface area contributed by atoms with Crippen molar-refractivity contribution >= 4 is 22.8 Å². The molecule has 0 fully saturated rings. The minimum Gasteiger partial charge on any atom is -0.497 e. The summed E-state index contributed by atoms with van der Waals surface area (Å²) in [5, 5.41) is 0. The molecule has 0 bridgehead atoms. The van der Waals surface area contributed by atoms with Crippen LogP contribution in [0.1, 0.15) is 22.6 Å². The first-order valence-electron chi connectivity index (χ1n) is 11.1. The molecule has 5 rings (SSSR count). The van der Waals surface area contributed by atoms with Crippen molar-refractivity contribution in [3.63, 3.8) is 0 Å². The van der Waals surface area contributed by atoms with E-state index in [1.54, 1.807) is 7.11 Å². The summed E-state index contributed by atoms with van der Waals surface area (Å²) < 4.78 is 5.37. The number of allylic oxidation sites excluding steroid dienone is 2. The molecule has 0 amide bonds. The van der Waals surface area contributed by atoms with Gasteiger partial charge in [0.05, 0.1) is 29.9 Å². The van der Waals surface area contributed by atoms with Crippen LogP contribution in [-0.2, 0) is 0 Å². The molecule has 0 unspecified atom stereocenters.